The standard InChI is InChI=1S/C20H30Si2/c1-21(2,3)15-17-7-11-19(12-8-17)20-13-9-18(10-14-20)16-22(4,5)6/h7-14H,15-16H2,1-6H3. The van der Waals surface area contributed by atoms with Crippen molar-refractivity contribution >= 4 is 16.1 Å². The maximum atomic E-state index is 2.43. The summed E-state index contributed by atoms with van der Waals surface area (Å²) in [4.78, 5) is 0. The quantitative estimate of drug-likeness (QED) is 0.574. The van der Waals surface area contributed by atoms with E-state index in [0.717, 1.165) is 0 Å². The lowest BCUT2D eigenvalue weighted by atomic mass is 10.0. The van der Waals surface area contributed by atoms with Crippen LogP contribution in [0, 0.1) is 0 Å². The average molecular weight is 327 g/mol. The third-order valence-electron chi connectivity index (χ3n) is 3.71. The molecule has 0 saturated heterocycles. The molecule has 0 nitrogen and oxygen atoms in total. The molecule has 22 heavy (non-hydrogen) atoms. The maximum absolute atomic E-state index is 2.43. The van der Waals surface area contributed by atoms with E-state index < -0.39 is 16.1 Å². The Kier molecular flexibility index (Phi) is 5.13. The van der Waals surface area contributed by atoms with Crippen molar-refractivity contribution in [2.75, 3.05) is 0 Å². The van der Waals surface area contributed by atoms with Gasteiger partial charge in [0.25, 0.3) is 0 Å². The highest BCUT2D eigenvalue weighted by Gasteiger charge is 2.14. The van der Waals surface area contributed by atoms with Crippen molar-refractivity contribution in [3.8, 4) is 11.1 Å². The Morgan fingerprint density at radius 2 is 0.773 bits per heavy atom. The molecule has 0 aliphatic heterocycles. The first-order valence-corrected chi connectivity index (χ1v) is 15.7. The normalized spacial score (nSPS) is 12.5. The maximum Gasteiger partial charge on any atom is 0.0487 e. The van der Waals surface area contributed by atoms with E-state index in [0.29, 0.717) is 0 Å². The van der Waals surface area contributed by atoms with Crippen LogP contribution in [0.15, 0.2) is 48.5 Å². The molecule has 0 aromatic heterocycles. The van der Waals surface area contributed by atoms with Gasteiger partial charge in [-0.2, -0.15) is 0 Å². The highest BCUT2D eigenvalue weighted by atomic mass is 28.3. The first-order chi connectivity index (χ1) is 10.1. The highest BCUT2D eigenvalue weighted by molar-refractivity contribution is 6.75. The van der Waals surface area contributed by atoms with Gasteiger partial charge in [0.2, 0.25) is 0 Å². The van der Waals surface area contributed by atoms with Gasteiger partial charge in [0.1, 0.15) is 0 Å². The summed E-state index contributed by atoms with van der Waals surface area (Å²) in [5, 5.41) is 0. The molecule has 0 heterocycles. The summed E-state index contributed by atoms with van der Waals surface area (Å²) in [5.41, 5.74) is 5.63. The van der Waals surface area contributed by atoms with Crippen LogP contribution in [0.5, 0.6) is 0 Å². The van der Waals surface area contributed by atoms with Gasteiger partial charge in [-0.25, -0.2) is 0 Å². The van der Waals surface area contributed by atoms with Gasteiger partial charge in [0, 0.05) is 16.1 Å². The second kappa shape index (κ2) is 6.55. The predicted molar refractivity (Wildman–Crippen MR) is 106 cm³/mol. The van der Waals surface area contributed by atoms with Gasteiger partial charge in [0.05, 0.1) is 0 Å². The SMILES string of the molecule is C[Si](C)(C)Cc1ccc(-c2ccc(C[Si](C)(C)C)cc2)cc1. The van der Waals surface area contributed by atoms with Crippen molar-refractivity contribution in [2.45, 2.75) is 51.4 Å². The third-order valence-corrected chi connectivity index (χ3v) is 6.65. The molecule has 0 spiro atoms. The molecule has 0 saturated carbocycles. The minimum atomic E-state index is -1.02. The Labute approximate surface area is 138 Å². The topological polar surface area (TPSA) is 0 Å². The zero-order valence-electron chi connectivity index (χ0n) is 15.0. The smallest absolute Gasteiger partial charge is 0.0487 e. The Balaban J connectivity index is 2.12. The Bertz CT molecular complexity index is 539. The van der Waals surface area contributed by atoms with E-state index in [1.54, 1.807) is 0 Å². The Morgan fingerprint density at radius 1 is 0.500 bits per heavy atom. The first-order valence-electron chi connectivity index (χ1n) is 8.31. The van der Waals surface area contributed by atoms with Crippen molar-refractivity contribution in [1.29, 1.82) is 0 Å². The molecular formula is C20H30Si2. The summed E-state index contributed by atoms with van der Waals surface area (Å²) in [5.74, 6) is 0. The zero-order valence-corrected chi connectivity index (χ0v) is 17.0. The van der Waals surface area contributed by atoms with Crippen LogP contribution in [0.4, 0.5) is 0 Å². The molecule has 0 fully saturated rings. The lowest BCUT2D eigenvalue weighted by Crippen LogP contribution is -2.23. The highest BCUT2D eigenvalue weighted by Crippen LogP contribution is 2.23. The summed E-state index contributed by atoms with van der Waals surface area (Å²) >= 11 is 0. The lowest BCUT2D eigenvalue weighted by molar-refractivity contribution is 1.30. The zero-order chi connectivity index (χ0) is 16.4. The Morgan fingerprint density at radius 3 is 1.00 bits per heavy atom. The lowest BCUT2D eigenvalue weighted by Gasteiger charge is -2.16. The molecule has 2 rings (SSSR count). The second-order valence-corrected chi connectivity index (χ2v) is 19.8. The second-order valence-electron chi connectivity index (χ2n) is 8.87. The van der Waals surface area contributed by atoms with E-state index in [9.17, 15) is 0 Å². The van der Waals surface area contributed by atoms with Crippen molar-refractivity contribution in [2.24, 2.45) is 0 Å². The van der Waals surface area contributed by atoms with E-state index in [1.807, 2.05) is 0 Å². The van der Waals surface area contributed by atoms with Crippen LogP contribution in [0.1, 0.15) is 11.1 Å². The molecule has 0 atom stereocenters. The third kappa shape index (κ3) is 5.58. The molecule has 2 aromatic carbocycles. The van der Waals surface area contributed by atoms with Gasteiger partial charge in [-0.15, -0.1) is 0 Å². The number of rotatable bonds is 5. The van der Waals surface area contributed by atoms with Gasteiger partial charge in [0.15, 0.2) is 0 Å². The number of hydrogen-bond donors (Lipinski definition) is 0. The molecule has 0 aliphatic carbocycles. The summed E-state index contributed by atoms with van der Waals surface area (Å²) in [7, 11) is -2.04. The monoisotopic (exact) mass is 326 g/mol. The van der Waals surface area contributed by atoms with Crippen molar-refractivity contribution in [3.05, 3.63) is 59.7 Å². The minimum absolute atomic E-state index is 1.02. The molecular weight excluding hydrogens is 296 g/mol. The molecule has 0 unspecified atom stereocenters. The Hall–Kier alpha value is -1.13. The molecule has 0 bridgehead atoms. The van der Waals surface area contributed by atoms with Crippen LogP contribution in [0.25, 0.3) is 11.1 Å². The van der Waals surface area contributed by atoms with Crippen LogP contribution in [0.3, 0.4) is 0 Å². The van der Waals surface area contributed by atoms with E-state index in [1.165, 1.54) is 34.3 Å². The fourth-order valence-corrected chi connectivity index (χ4v) is 5.78. The first kappa shape index (κ1) is 17.2. The minimum Gasteiger partial charge on any atom is -0.0693 e. The van der Waals surface area contributed by atoms with Gasteiger partial charge < -0.3 is 0 Å². The molecule has 0 radical (unpaired) electrons. The van der Waals surface area contributed by atoms with Crippen molar-refractivity contribution < 1.29 is 0 Å². The fourth-order valence-electron chi connectivity index (χ4n) is 2.85. The molecule has 2 aromatic rings. The van der Waals surface area contributed by atoms with Crippen LogP contribution < -0.4 is 0 Å². The molecule has 0 N–H and O–H groups in total. The predicted octanol–water partition coefficient (Wildman–Crippen LogP) is 6.19. The summed E-state index contributed by atoms with van der Waals surface area (Å²) < 4.78 is 0. The largest absolute Gasteiger partial charge is 0.0693 e. The van der Waals surface area contributed by atoms with Gasteiger partial charge in [-0.1, -0.05) is 98.9 Å². The molecule has 2 heteroatoms. The van der Waals surface area contributed by atoms with Gasteiger partial charge in [-0.05, 0) is 23.2 Å². The van der Waals surface area contributed by atoms with E-state index in [2.05, 4.69) is 87.8 Å². The fraction of sp³-hybridized carbons (Fsp3) is 0.400. The average Bonchev–Trinajstić information content (AvgIpc) is 2.37. The van der Waals surface area contributed by atoms with Crippen molar-refractivity contribution in [1.82, 2.24) is 0 Å². The summed E-state index contributed by atoms with van der Waals surface area (Å²) in [6, 6.07) is 20.9. The molecule has 0 aliphatic rings. The van der Waals surface area contributed by atoms with Gasteiger partial charge in [-0.3, -0.25) is 0 Å². The van der Waals surface area contributed by atoms with E-state index >= 15 is 0 Å². The number of benzene rings is 2. The summed E-state index contributed by atoms with van der Waals surface area (Å²) in [6.07, 6.45) is 0. The van der Waals surface area contributed by atoms with Crippen molar-refractivity contribution in [3.63, 3.8) is 0 Å². The summed E-state index contributed by atoms with van der Waals surface area (Å²) in [6.45, 7) is 14.6. The van der Waals surface area contributed by atoms with Crippen LogP contribution in [0.2, 0.25) is 39.3 Å². The van der Waals surface area contributed by atoms with Crippen LogP contribution in [-0.4, -0.2) is 16.1 Å². The number of hydrogen-bond acceptors (Lipinski definition) is 0. The van der Waals surface area contributed by atoms with E-state index in [4.69, 9.17) is 0 Å². The van der Waals surface area contributed by atoms with Crippen LogP contribution >= 0.6 is 0 Å². The van der Waals surface area contributed by atoms with Gasteiger partial charge >= 0.3 is 0 Å². The van der Waals surface area contributed by atoms with Crippen LogP contribution in [-0.2, 0) is 12.1 Å². The van der Waals surface area contributed by atoms with E-state index in [-0.39, 0.29) is 0 Å². The molecule has 118 valence electrons. The molecule has 0 amide bonds.